The second kappa shape index (κ2) is 8.19. The van der Waals surface area contributed by atoms with Gasteiger partial charge in [0, 0.05) is 24.4 Å². The van der Waals surface area contributed by atoms with Gasteiger partial charge in [0.25, 0.3) is 0 Å². The van der Waals surface area contributed by atoms with Crippen molar-refractivity contribution >= 4 is 5.91 Å². The third kappa shape index (κ3) is 3.91. The van der Waals surface area contributed by atoms with Gasteiger partial charge in [-0.1, -0.05) is 43.3 Å². The molecule has 4 heteroatoms. The maximum Gasteiger partial charge on any atom is 0.220 e. The molecule has 1 aliphatic carbocycles. The molecular weight excluding hydrogens is 360 g/mol. The number of benzene rings is 2. The highest BCUT2D eigenvalue weighted by molar-refractivity contribution is 5.76. The fraction of sp³-hybridized carbons (Fsp3) is 0.480. The van der Waals surface area contributed by atoms with Gasteiger partial charge in [-0.2, -0.15) is 0 Å². The van der Waals surface area contributed by atoms with Gasteiger partial charge < -0.3 is 15.3 Å². The van der Waals surface area contributed by atoms with Crippen LogP contribution in [0.5, 0.6) is 5.75 Å². The Hall–Kier alpha value is -2.33. The van der Waals surface area contributed by atoms with Crippen molar-refractivity contribution in [2.75, 3.05) is 20.1 Å². The second-order valence-corrected chi connectivity index (χ2v) is 8.87. The molecule has 2 aromatic carbocycles. The highest BCUT2D eigenvalue weighted by Crippen LogP contribution is 2.51. The van der Waals surface area contributed by atoms with Crippen LogP contribution in [0, 0.1) is 5.92 Å². The maximum atomic E-state index is 12.4. The van der Waals surface area contributed by atoms with Crippen LogP contribution in [0.4, 0.5) is 0 Å². The number of aryl methyl sites for hydroxylation is 1. The smallest absolute Gasteiger partial charge is 0.220 e. The summed E-state index contributed by atoms with van der Waals surface area (Å²) in [6.07, 6.45) is 4.33. The summed E-state index contributed by atoms with van der Waals surface area (Å²) in [6, 6.07) is 16.6. The van der Waals surface area contributed by atoms with E-state index in [0.717, 1.165) is 32.2 Å². The van der Waals surface area contributed by atoms with Gasteiger partial charge in [-0.15, -0.1) is 0 Å². The minimum absolute atomic E-state index is 0.0240. The number of likely N-dealkylation sites (N-methyl/N-ethyl adjacent to an activating group) is 1. The van der Waals surface area contributed by atoms with Gasteiger partial charge in [0.05, 0.1) is 0 Å². The van der Waals surface area contributed by atoms with E-state index in [-0.39, 0.29) is 11.3 Å². The summed E-state index contributed by atoms with van der Waals surface area (Å²) in [6.45, 7) is 4.10. The van der Waals surface area contributed by atoms with Crippen LogP contribution in [0.2, 0.25) is 0 Å². The first-order valence-electron chi connectivity index (χ1n) is 10.8. The van der Waals surface area contributed by atoms with E-state index in [1.165, 1.54) is 16.7 Å². The third-order valence-electron chi connectivity index (χ3n) is 7.36. The molecule has 29 heavy (non-hydrogen) atoms. The molecule has 2 aromatic rings. The lowest BCUT2D eigenvalue weighted by Crippen LogP contribution is -2.58. The Balaban J connectivity index is 1.44. The average molecular weight is 393 g/mol. The fourth-order valence-electron chi connectivity index (χ4n) is 5.57. The standard InChI is InChI=1S/C25H32N2O2/c1-18-23-16-20-9-10-21(28)17-22(20)25(18,13-15-27(23)2)12-14-26-24(29)11-8-19-6-4-3-5-7-19/h3-7,9-10,17-18,23,28H,8,11-16H2,1-2H3,(H,26,29)/t18-,23+,25?/m0/s1. The molecule has 1 heterocycles. The van der Waals surface area contributed by atoms with E-state index in [1.54, 1.807) is 0 Å². The number of amides is 1. The molecule has 2 N–H and O–H groups in total. The van der Waals surface area contributed by atoms with Crippen molar-refractivity contribution in [2.45, 2.75) is 50.5 Å². The highest BCUT2D eigenvalue weighted by Gasteiger charge is 2.50. The Labute approximate surface area is 173 Å². The van der Waals surface area contributed by atoms with Crippen molar-refractivity contribution in [1.82, 2.24) is 10.2 Å². The predicted molar refractivity (Wildman–Crippen MR) is 116 cm³/mol. The van der Waals surface area contributed by atoms with E-state index in [0.29, 0.717) is 30.7 Å². The van der Waals surface area contributed by atoms with Gasteiger partial charge in [-0.05, 0) is 74.0 Å². The van der Waals surface area contributed by atoms with E-state index < -0.39 is 0 Å². The fourth-order valence-corrected chi connectivity index (χ4v) is 5.57. The molecule has 1 aliphatic heterocycles. The number of nitrogens with zero attached hydrogens (tertiary/aromatic N) is 1. The summed E-state index contributed by atoms with van der Waals surface area (Å²) in [5.74, 6) is 0.964. The highest BCUT2D eigenvalue weighted by atomic mass is 16.3. The van der Waals surface area contributed by atoms with Gasteiger partial charge in [0.15, 0.2) is 0 Å². The first-order chi connectivity index (χ1) is 14.0. The van der Waals surface area contributed by atoms with Gasteiger partial charge in [0.1, 0.15) is 5.75 Å². The summed E-state index contributed by atoms with van der Waals surface area (Å²) < 4.78 is 0. The first kappa shape index (κ1) is 20.0. The summed E-state index contributed by atoms with van der Waals surface area (Å²) in [4.78, 5) is 14.9. The molecule has 0 saturated carbocycles. The first-order valence-corrected chi connectivity index (χ1v) is 10.8. The molecule has 2 bridgehead atoms. The van der Waals surface area contributed by atoms with Crippen LogP contribution in [-0.2, 0) is 23.1 Å². The number of phenols is 1. The topological polar surface area (TPSA) is 52.6 Å². The largest absolute Gasteiger partial charge is 0.508 e. The molecule has 0 aromatic heterocycles. The number of likely N-dealkylation sites (tertiary alicyclic amines) is 1. The Morgan fingerprint density at radius 1 is 1.24 bits per heavy atom. The molecule has 154 valence electrons. The molecule has 0 radical (unpaired) electrons. The zero-order valence-corrected chi connectivity index (χ0v) is 17.5. The van der Waals surface area contributed by atoms with Crippen LogP contribution in [0.3, 0.4) is 0 Å². The molecule has 1 saturated heterocycles. The third-order valence-corrected chi connectivity index (χ3v) is 7.36. The lowest BCUT2D eigenvalue weighted by atomic mass is 9.56. The number of hydrogen-bond acceptors (Lipinski definition) is 3. The van der Waals surface area contributed by atoms with Crippen LogP contribution in [0.15, 0.2) is 48.5 Å². The van der Waals surface area contributed by atoms with Gasteiger partial charge in [0.2, 0.25) is 5.91 Å². The molecule has 4 nitrogen and oxygen atoms in total. The van der Waals surface area contributed by atoms with E-state index >= 15 is 0 Å². The Kier molecular flexibility index (Phi) is 5.64. The zero-order valence-electron chi connectivity index (χ0n) is 17.5. The van der Waals surface area contributed by atoms with Crippen LogP contribution >= 0.6 is 0 Å². The average Bonchev–Trinajstić information content (AvgIpc) is 2.72. The van der Waals surface area contributed by atoms with Crippen LogP contribution < -0.4 is 5.32 Å². The van der Waals surface area contributed by atoms with Crippen molar-refractivity contribution in [3.8, 4) is 5.75 Å². The Morgan fingerprint density at radius 2 is 2.03 bits per heavy atom. The number of carbonyl (C=O) groups excluding carboxylic acids is 1. The van der Waals surface area contributed by atoms with Crippen molar-refractivity contribution in [3.63, 3.8) is 0 Å². The predicted octanol–water partition coefficient (Wildman–Crippen LogP) is 3.67. The second-order valence-electron chi connectivity index (χ2n) is 8.87. The van der Waals surface area contributed by atoms with Crippen molar-refractivity contribution in [1.29, 1.82) is 0 Å². The molecule has 1 amide bonds. The van der Waals surface area contributed by atoms with Crippen molar-refractivity contribution in [2.24, 2.45) is 5.92 Å². The Morgan fingerprint density at radius 3 is 2.83 bits per heavy atom. The van der Waals surface area contributed by atoms with Crippen LogP contribution in [0.1, 0.15) is 42.9 Å². The number of carbonyl (C=O) groups is 1. The lowest BCUT2D eigenvalue weighted by molar-refractivity contribution is -0.121. The van der Waals surface area contributed by atoms with E-state index in [1.807, 2.05) is 30.3 Å². The lowest BCUT2D eigenvalue weighted by Gasteiger charge is -2.55. The minimum atomic E-state index is 0.0240. The molecule has 0 spiro atoms. The SMILES string of the molecule is C[C@H]1[C@H]2Cc3ccc(O)cc3C1(CCNC(=O)CCc1ccccc1)CCN2C. The molecule has 1 fully saturated rings. The van der Waals surface area contributed by atoms with Gasteiger partial charge in [-0.25, -0.2) is 0 Å². The number of nitrogens with one attached hydrogen (secondary N) is 1. The summed E-state index contributed by atoms with van der Waals surface area (Å²) in [7, 11) is 2.22. The molecule has 2 aliphatic rings. The number of hydrogen-bond donors (Lipinski definition) is 2. The monoisotopic (exact) mass is 392 g/mol. The summed E-state index contributed by atoms with van der Waals surface area (Å²) in [5, 5.41) is 13.3. The van der Waals surface area contributed by atoms with Gasteiger partial charge >= 0.3 is 0 Å². The quantitative estimate of drug-likeness (QED) is 0.789. The maximum absolute atomic E-state index is 12.4. The van der Waals surface area contributed by atoms with Crippen LogP contribution in [0.25, 0.3) is 0 Å². The normalized spacial score (nSPS) is 26.0. The van der Waals surface area contributed by atoms with E-state index in [4.69, 9.17) is 0 Å². The van der Waals surface area contributed by atoms with Gasteiger partial charge in [-0.3, -0.25) is 4.79 Å². The molecule has 1 unspecified atom stereocenters. The minimum Gasteiger partial charge on any atom is -0.508 e. The van der Waals surface area contributed by atoms with Crippen molar-refractivity contribution in [3.05, 3.63) is 65.2 Å². The summed E-state index contributed by atoms with van der Waals surface area (Å²) >= 11 is 0. The van der Waals surface area contributed by atoms with Crippen LogP contribution in [-0.4, -0.2) is 42.1 Å². The number of aromatic hydroxyl groups is 1. The molecular formula is C25H32N2O2. The number of piperidine rings is 1. The number of fused-ring (bicyclic) bond motifs is 4. The molecule has 3 atom stereocenters. The number of phenolic OH excluding ortho intramolecular Hbond substituents is 1. The summed E-state index contributed by atoms with van der Waals surface area (Å²) in [5.41, 5.74) is 3.88. The molecule has 4 rings (SSSR count). The zero-order chi connectivity index (χ0) is 20.4. The van der Waals surface area contributed by atoms with E-state index in [2.05, 4.69) is 42.4 Å². The van der Waals surface area contributed by atoms with Crippen molar-refractivity contribution < 1.29 is 9.90 Å². The number of rotatable bonds is 6. The Bertz CT molecular complexity index is 866. The van der Waals surface area contributed by atoms with E-state index in [9.17, 15) is 9.90 Å².